The van der Waals surface area contributed by atoms with Crippen LogP contribution in [0.5, 0.6) is 0 Å². The van der Waals surface area contributed by atoms with Crippen LogP contribution in [0.25, 0.3) is 11.0 Å². The number of aliphatic imine (C=N–C) groups is 1. The van der Waals surface area contributed by atoms with Gasteiger partial charge in [0.2, 0.25) is 0 Å². The zero-order chi connectivity index (χ0) is 14.5. The number of aromatic nitrogens is 2. The van der Waals surface area contributed by atoms with Crippen LogP contribution in [0.1, 0.15) is 26.1 Å². The average Bonchev–Trinajstić information content (AvgIpc) is 2.70. The summed E-state index contributed by atoms with van der Waals surface area (Å²) in [4.78, 5) is 8.88. The van der Waals surface area contributed by atoms with E-state index < -0.39 is 0 Å². The fourth-order valence-corrected chi connectivity index (χ4v) is 2.25. The highest BCUT2D eigenvalue weighted by Gasteiger charge is 2.05. The van der Waals surface area contributed by atoms with E-state index in [2.05, 4.69) is 25.9 Å². The Bertz CT molecular complexity index is 597. The SMILES string of the molecule is Cc1nc2ccccc2n1CCCN=C(N)NC(C)C. The molecule has 0 aliphatic rings. The molecule has 0 spiro atoms. The van der Waals surface area contributed by atoms with Crippen molar-refractivity contribution >= 4 is 17.0 Å². The number of aryl methyl sites for hydroxylation is 2. The molecular weight excluding hydrogens is 250 g/mol. The molecule has 0 fully saturated rings. The minimum absolute atomic E-state index is 0.318. The first-order valence-corrected chi connectivity index (χ1v) is 7.06. The maximum absolute atomic E-state index is 5.77. The first-order chi connectivity index (χ1) is 9.58. The lowest BCUT2D eigenvalue weighted by Crippen LogP contribution is -2.36. The van der Waals surface area contributed by atoms with E-state index >= 15 is 0 Å². The van der Waals surface area contributed by atoms with Gasteiger partial charge in [0, 0.05) is 19.1 Å². The summed E-state index contributed by atoms with van der Waals surface area (Å²) in [7, 11) is 0. The highest BCUT2D eigenvalue weighted by Crippen LogP contribution is 2.15. The van der Waals surface area contributed by atoms with Gasteiger partial charge in [0.1, 0.15) is 5.82 Å². The molecule has 108 valence electrons. The van der Waals surface area contributed by atoms with Gasteiger partial charge in [-0.25, -0.2) is 4.98 Å². The summed E-state index contributed by atoms with van der Waals surface area (Å²) in [6.07, 6.45) is 0.946. The Morgan fingerprint density at radius 1 is 1.40 bits per heavy atom. The van der Waals surface area contributed by atoms with E-state index in [-0.39, 0.29) is 0 Å². The number of hydrogen-bond donors (Lipinski definition) is 2. The van der Waals surface area contributed by atoms with E-state index in [1.165, 1.54) is 5.52 Å². The second-order valence-electron chi connectivity index (χ2n) is 5.22. The molecule has 1 aromatic heterocycles. The molecule has 5 nitrogen and oxygen atoms in total. The molecule has 20 heavy (non-hydrogen) atoms. The molecule has 0 saturated carbocycles. The number of nitrogens with zero attached hydrogens (tertiary/aromatic N) is 3. The molecule has 2 rings (SSSR count). The van der Waals surface area contributed by atoms with Crippen LogP contribution in [0.3, 0.4) is 0 Å². The van der Waals surface area contributed by atoms with Gasteiger partial charge in [-0.2, -0.15) is 0 Å². The minimum atomic E-state index is 0.318. The standard InChI is InChI=1S/C15H23N5/c1-11(2)18-15(16)17-9-6-10-20-12(3)19-13-7-4-5-8-14(13)20/h4-5,7-8,11H,6,9-10H2,1-3H3,(H3,16,17,18). The van der Waals surface area contributed by atoms with Crippen LogP contribution in [0.4, 0.5) is 0 Å². The zero-order valence-corrected chi connectivity index (χ0v) is 12.4. The Labute approximate surface area is 119 Å². The van der Waals surface area contributed by atoms with Crippen LogP contribution in [0, 0.1) is 6.92 Å². The summed E-state index contributed by atoms with van der Waals surface area (Å²) in [6.45, 7) is 7.76. The molecule has 0 radical (unpaired) electrons. The van der Waals surface area contributed by atoms with E-state index in [0.717, 1.165) is 30.9 Å². The molecule has 2 aromatic rings. The molecule has 0 aliphatic carbocycles. The lowest BCUT2D eigenvalue weighted by atomic mass is 10.3. The van der Waals surface area contributed by atoms with Crippen LogP contribution >= 0.6 is 0 Å². The first-order valence-electron chi connectivity index (χ1n) is 7.06. The molecule has 0 aliphatic heterocycles. The van der Waals surface area contributed by atoms with Gasteiger partial charge in [0.05, 0.1) is 11.0 Å². The van der Waals surface area contributed by atoms with Crippen molar-refractivity contribution in [1.29, 1.82) is 0 Å². The fraction of sp³-hybridized carbons (Fsp3) is 0.467. The maximum atomic E-state index is 5.77. The van der Waals surface area contributed by atoms with Gasteiger partial charge in [0.15, 0.2) is 5.96 Å². The van der Waals surface area contributed by atoms with E-state index in [9.17, 15) is 0 Å². The molecular formula is C15H23N5. The summed E-state index contributed by atoms with van der Waals surface area (Å²) in [6, 6.07) is 8.53. The summed E-state index contributed by atoms with van der Waals surface area (Å²) in [5, 5.41) is 3.09. The lowest BCUT2D eigenvalue weighted by molar-refractivity contribution is 0.645. The third-order valence-corrected chi connectivity index (χ3v) is 3.10. The van der Waals surface area contributed by atoms with Crippen molar-refractivity contribution in [3.05, 3.63) is 30.1 Å². The van der Waals surface area contributed by atoms with E-state index in [1.807, 2.05) is 39.0 Å². The third-order valence-electron chi connectivity index (χ3n) is 3.10. The molecule has 3 N–H and O–H groups in total. The van der Waals surface area contributed by atoms with Gasteiger partial charge in [0.25, 0.3) is 0 Å². The number of benzene rings is 1. The molecule has 1 aromatic carbocycles. The molecule has 0 bridgehead atoms. The van der Waals surface area contributed by atoms with E-state index in [0.29, 0.717) is 12.0 Å². The summed E-state index contributed by atoms with van der Waals surface area (Å²) in [5.74, 6) is 1.57. The van der Waals surface area contributed by atoms with Gasteiger partial charge in [-0.3, -0.25) is 4.99 Å². The van der Waals surface area contributed by atoms with Crippen molar-refractivity contribution in [3.8, 4) is 0 Å². The number of rotatable bonds is 5. The summed E-state index contributed by atoms with van der Waals surface area (Å²) < 4.78 is 2.23. The monoisotopic (exact) mass is 273 g/mol. The Balaban J connectivity index is 1.95. The highest BCUT2D eigenvalue weighted by molar-refractivity contribution is 5.78. The predicted octanol–water partition coefficient (Wildman–Crippen LogP) is 2.05. The number of imidazole rings is 1. The normalized spacial score (nSPS) is 12.3. The molecule has 1 heterocycles. The van der Waals surface area contributed by atoms with Gasteiger partial charge >= 0.3 is 0 Å². The summed E-state index contributed by atoms with van der Waals surface area (Å²) in [5.41, 5.74) is 8.01. The van der Waals surface area contributed by atoms with Crippen LogP contribution < -0.4 is 11.1 Å². The van der Waals surface area contributed by atoms with Crippen LogP contribution in [0.2, 0.25) is 0 Å². The number of fused-ring (bicyclic) bond motifs is 1. The number of nitrogens with two attached hydrogens (primary N) is 1. The number of para-hydroxylation sites is 2. The Morgan fingerprint density at radius 2 is 2.15 bits per heavy atom. The Hall–Kier alpha value is -2.04. The largest absolute Gasteiger partial charge is 0.370 e. The van der Waals surface area contributed by atoms with Crippen molar-refractivity contribution in [1.82, 2.24) is 14.9 Å². The Morgan fingerprint density at radius 3 is 2.90 bits per heavy atom. The van der Waals surface area contributed by atoms with E-state index in [1.54, 1.807) is 0 Å². The summed E-state index contributed by atoms with van der Waals surface area (Å²) >= 11 is 0. The second kappa shape index (κ2) is 6.41. The second-order valence-corrected chi connectivity index (χ2v) is 5.22. The number of hydrogen-bond acceptors (Lipinski definition) is 2. The molecule has 0 amide bonds. The van der Waals surface area contributed by atoms with Crippen LogP contribution in [-0.4, -0.2) is 28.1 Å². The average molecular weight is 273 g/mol. The number of guanidine groups is 1. The first kappa shape index (κ1) is 14.4. The van der Waals surface area contributed by atoms with E-state index in [4.69, 9.17) is 5.73 Å². The maximum Gasteiger partial charge on any atom is 0.188 e. The van der Waals surface area contributed by atoms with Gasteiger partial charge in [-0.1, -0.05) is 12.1 Å². The molecule has 0 unspecified atom stereocenters. The third kappa shape index (κ3) is 3.50. The van der Waals surface area contributed by atoms with Gasteiger partial charge in [-0.05, 0) is 39.3 Å². The Kier molecular flexibility index (Phi) is 4.61. The van der Waals surface area contributed by atoms with Crippen molar-refractivity contribution in [2.75, 3.05) is 6.54 Å². The predicted molar refractivity (Wildman–Crippen MR) is 83.8 cm³/mol. The topological polar surface area (TPSA) is 68.2 Å². The zero-order valence-electron chi connectivity index (χ0n) is 12.4. The van der Waals surface area contributed by atoms with Gasteiger partial charge < -0.3 is 15.6 Å². The smallest absolute Gasteiger partial charge is 0.188 e. The van der Waals surface area contributed by atoms with Crippen molar-refractivity contribution < 1.29 is 0 Å². The van der Waals surface area contributed by atoms with Crippen LogP contribution in [0.15, 0.2) is 29.3 Å². The fourth-order valence-electron chi connectivity index (χ4n) is 2.25. The highest BCUT2D eigenvalue weighted by atomic mass is 15.1. The molecule has 5 heteroatoms. The minimum Gasteiger partial charge on any atom is -0.370 e. The van der Waals surface area contributed by atoms with Crippen molar-refractivity contribution in [2.45, 2.75) is 39.8 Å². The number of nitrogens with one attached hydrogen (secondary N) is 1. The van der Waals surface area contributed by atoms with Crippen molar-refractivity contribution in [2.24, 2.45) is 10.7 Å². The van der Waals surface area contributed by atoms with Gasteiger partial charge in [-0.15, -0.1) is 0 Å². The van der Waals surface area contributed by atoms with Crippen molar-refractivity contribution in [3.63, 3.8) is 0 Å². The molecule has 0 atom stereocenters. The molecule has 0 saturated heterocycles. The quantitative estimate of drug-likeness (QED) is 0.497. The lowest BCUT2D eigenvalue weighted by Gasteiger charge is -2.09. The van der Waals surface area contributed by atoms with Crippen LogP contribution in [-0.2, 0) is 6.54 Å².